The molecule has 0 radical (unpaired) electrons. The summed E-state index contributed by atoms with van der Waals surface area (Å²) in [5, 5.41) is 0.166. The molecule has 0 spiro atoms. The molecule has 112 valence electrons. The van der Waals surface area contributed by atoms with Crippen LogP contribution in [-0.2, 0) is 13.7 Å². The third kappa shape index (κ3) is 4.28. The quantitative estimate of drug-likeness (QED) is 0.590. The molecule has 19 heavy (non-hydrogen) atoms. The van der Waals surface area contributed by atoms with Crippen molar-refractivity contribution in [3.63, 3.8) is 0 Å². The topological polar surface area (TPSA) is 27.7 Å². The summed E-state index contributed by atoms with van der Waals surface area (Å²) in [6.07, 6.45) is -0.307. The van der Waals surface area contributed by atoms with E-state index < -0.39 is 16.5 Å². The lowest BCUT2D eigenvalue weighted by Crippen LogP contribution is -2.49. The van der Waals surface area contributed by atoms with E-state index in [9.17, 15) is 0 Å². The maximum absolute atomic E-state index is 7.67. The van der Waals surface area contributed by atoms with Crippen LogP contribution in [-0.4, -0.2) is 53.8 Å². The zero-order valence-corrected chi connectivity index (χ0v) is 15.6. The molecule has 0 aromatic heterocycles. The number of ether oxygens (including phenoxy) is 1. The lowest BCUT2D eigenvalue weighted by Gasteiger charge is -2.40. The van der Waals surface area contributed by atoms with Crippen molar-refractivity contribution in [2.75, 3.05) is 13.3 Å². The Morgan fingerprint density at radius 3 is 2.26 bits per heavy atom. The molecular formula is C13H30BO3PSi. The van der Waals surface area contributed by atoms with Crippen LogP contribution < -0.4 is 0 Å². The molecule has 0 aliphatic carbocycles. The standard InChI is InChI=1S/C13H30BO3PSi/c1-9-10(16-18(5)6)11(12(14)15-9)17-19(7,8)13(2,3)4/h9-12H,14H2,1-8H3/t9-,10?,11+,12-/m1/s1/i1D. The summed E-state index contributed by atoms with van der Waals surface area (Å²) >= 11 is 0. The molecule has 1 heterocycles. The molecule has 0 aromatic carbocycles. The highest BCUT2D eigenvalue weighted by atomic mass is 31.1. The van der Waals surface area contributed by atoms with E-state index in [-0.39, 0.29) is 36.3 Å². The van der Waals surface area contributed by atoms with Gasteiger partial charge in [0.1, 0.15) is 14.0 Å². The molecule has 0 amide bonds. The van der Waals surface area contributed by atoms with Gasteiger partial charge in [-0.05, 0) is 38.4 Å². The zero-order chi connectivity index (χ0) is 15.7. The molecular weight excluding hydrogens is 274 g/mol. The molecule has 0 aromatic rings. The fourth-order valence-corrected chi connectivity index (χ4v) is 4.06. The molecule has 6 heteroatoms. The van der Waals surface area contributed by atoms with Crippen LogP contribution in [0.15, 0.2) is 0 Å². The van der Waals surface area contributed by atoms with Gasteiger partial charge in [0, 0.05) is 9.52 Å². The lowest BCUT2D eigenvalue weighted by atomic mass is 9.93. The second kappa shape index (κ2) is 6.15. The van der Waals surface area contributed by atoms with Crippen molar-refractivity contribution in [2.24, 2.45) is 0 Å². The molecule has 1 saturated heterocycles. The van der Waals surface area contributed by atoms with Crippen LogP contribution in [0.25, 0.3) is 0 Å². The second-order valence-electron chi connectivity index (χ2n) is 7.10. The third-order valence-corrected chi connectivity index (χ3v) is 9.25. The van der Waals surface area contributed by atoms with E-state index in [0.29, 0.717) is 0 Å². The van der Waals surface area contributed by atoms with Gasteiger partial charge in [-0.15, -0.1) is 0 Å². The van der Waals surface area contributed by atoms with Crippen LogP contribution in [0.1, 0.15) is 29.0 Å². The van der Waals surface area contributed by atoms with Gasteiger partial charge in [-0.1, -0.05) is 20.8 Å². The van der Waals surface area contributed by atoms with Crippen LogP contribution in [0.4, 0.5) is 0 Å². The first-order valence-corrected chi connectivity index (χ1v) is 12.0. The summed E-state index contributed by atoms with van der Waals surface area (Å²) in [4.78, 5) is 0. The molecule has 1 fully saturated rings. The van der Waals surface area contributed by atoms with Gasteiger partial charge in [0.2, 0.25) is 0 Å². The van der Waals surface area contributed by atoms with E-state index in [2.05, 4.69) is 47.2 Å². The van der Waals surface area contributed by atoms with Gasteiger partial charge in [0.15, 0.2) is 8.32 Å². The van der Waals surface area contributed by atoms with Crippen molar-refractivity contribution >= 4 is 24.3 Å². The first kappa shape index (κ1) is 16.0. The van der Waals surface area contributed by atoms with E-state index in [1.807, 2.05) is 7.85 Å². The second-order valence-corrected chi connectivity index (χ2v) is 13.7. The third-order valence-electron chi connectivity index (χ3n) is 4.11. The van der Waals surface area contributed by atoms with Gasteiger partial charge in [-0.3, -0.25) is 0 Å². The van der Waals surface area contributed by atoms with Gasteiger partial charge in [-0.25, -0.2) is 0 Å². The summed E-state index contributed by atoms with van der Waals surface area (Å²) in [6, 6.07) is -0.000532. The summed E-state index contributed by atoms with van der Waals surface area (Å²) in [5.74, 6) is 0. The normalized spacial score (nSPS) is 33.8. The maximum atomic E-state index is 7.67. The lowest BCUT2D eigenvalue weighted by molar-refractivity contribution is 0.0594. The SMILES string of the molecule is [2H]C[C@H]1O[C@@H](B)[C@@H](O[Si](C)(C)C(C)(C)C)C1OP(C)C. The monoisotopic (exact) mass is 305 g/mol. The van der Waals surface area contributed by atoms with Crippen LogP contribution in [0, 0.1) is 0 Å². The van der Waals surface area contributed by atoms with E-state index in [0.717, 1.165) is 0 Å². The van der Waals surface area contributed by atoms with E-state index in [1.165, 1.54) is 0 Å². The summed E-state index contributed by atoms with van der Waals surface area (Å²) in [5.41, 5.74) is 0. The molecule has 4 atom stereocenters. The van der Waals surface area contributed by atoms with Crippen molar-refractivity contribution in [2.45, 2.75) is 70.1 Å². The van der Waals surface area contributed by atoms with Gasteiger partial charge >= 0.3 is 0 Å². The van der Waals surface area contributed by atoms with Crippen LogP contribution >= 0.6 is 8.15 Å². The highest BCUT2D eigenvalue weighted by Gasteiger charge is 2.47. The number of hydrogen-bond donors (Lipinski definition) is 0. The van der Waals surface area contributed by atoms with Crippen molar-refractivity contribution in [3.8, 4) is 0 Å². The van der Waals surface area contributed by atoms with Crippen molar-refractivity contribution < 1.29 is 15.1 Å². The van der Waals surface area contributed by atoms with E-state index >= 15 is 0 Å². The fraction of sp³-hybridized carbons (Fsp3) is 1.00. The predicted molar refractivity (Wildman–Crippen MR) is 88.6 cm³/mol. The molecule has 1 aliphatic rings. The average Bonchev–Trinajstić information content (AvgIpc) is 2.54. The van der Waals surface area contributed by atoms with E-state index in [4.69, 9.17) is 15.1 Å². The van der Waals surface area contributed by atoms with Crippen molar-refractivity contribution in [1.29, 1.82) is 0 Å². The molecule has 0 N–H and O–H groups in total. The van der Waals surface area contributed by atoms with Gasteiger partial charge in [-0.2, -0.15) is 0 Å². The highest BCUT2D eigenvalue weighted by molar-refractivity contribution is 7.50. The molecule has 1 rings (SSSR count). The maximum Gasteiger partial charge on any atom is 0.192 e. The number of hydrogen-bond acceptors (Lipinski definition) is 3. The van der Waals surface area contributed by atoms with Crippen LogP contribution in [0.3, 0.4) is 0 Å². The Bertz CT molecular complexity index is 325. The Balaban J connectivity index is 2.89. The zero-order valence-electron chi connectivity index (χ0n) is 14.7. The molecule has 3 nitrogen and oxygen atoms in total. The highest BCUT2D eigenvalue weighted by Crippen LogP contribution is 2.42. The Hall–Kier alpha value is 0.592. The van der Waals surface area contributed by atoms with Gasteiger partial charge in [0.25, 0.3) is 0 Å². The van der Waals surface area contributed by atoms with Gasteiger partial charge < -0.3 is 13.7 Å². The first-order chi connectivity index (χ1) is 8.99. The Morgan fingerprint density at radius 1 is 1.26 bits per heavy atom. The Labute approximate surface area is 123 Å². The van der Waals surface area contributed by atoms with Crippen LogP contribution in [0.2, 0.25) is 18.1 Å². The van der Waals surface area contributed by atoms with Crippen molar-refractivity contribution in [3.05, 3.63) is 0 Å². The summed E-state index contributed by atoms with van der Waals surface area (Å²) in [7, 11) is -0.309. The fourth-order valence-electron chi connectivity index (χ4n) is 1.96. The van der Waals surface area contributed by atoms with Crippen molar-refractivity contribution in [1.82, 2.24) is 0 Å². The minimum atomic E-state index is -1.86. The van der Waals surface area contributed by atoms with Gasteiger partial charge in [0.05, 0.1) is 18.2 Å². The summed E-state index contributed by atoms with van der Waals surface area (Å²) < 4.78 is 26.2. The van der Waals surface area contributed by atoms with Crippen LogP contribution in [0.5, 0.6) is 0 Å². The van der Waals surface area contributed by atoms with E-state index in [1.54, 1.807) is 0 Å². The largest absolute Gasteiger partial charge is 0.409 e. The number of rotatable bonds is 4. The predicted octanol–water partition coefficient (Wildman–Crippen LogP) is 2.80. The molecule has 0 bridgehead atoms. The summed E-state index contributed by atoms with van der Waals surface area (Å²) in [6.45, 7) is 15.6. The minimum absolute atomic E-state index is 0.000532. The molecule has 0 saturated carbocycles. The Morgan fingerprint density at radius 2 is 1.84 bits per heavy atom. The molecule has 1 aliphatic heterocycles. The average molecular weight is 305 g/mol. The molecule has 1 unspecified atom stereocenters. The Kier molecular flexibility index (Phi) is 5.17. The minimum Gasteiger partial charge on any atom is -0.409 e. The first-order valence-electron chi connectivity index (χ1n) is 7.67. The smallest absolute Gasteiger partial charge is 0.192 e.